The van der Waals surface area contributed by atoms with Gasteiger partial charge in [-0.1, -0.05) is 24.4 Å². The number of carbonyl (C=O) groups is 2. The summed E-state index contributed by atoms with van der Waals surface area (Å²) in [6, 6.07) is 3.75. The Morgan fingerprint density at radius 3 is 2.43 bits per heavy atom. The maximum absolute atomic E-state index is 12.5. The van der Waals surface area contributed by atoms with E-state index in [-0.39, 0.29) is 11.8 Å². The Bertz CT molecular complexity index is 569. The highest BCUT2D eigenvalue weighted by molar-refractivity contribution is 7.16. The van der Waals surface area contributed by atoms with Crippen molar-refractivity contribution in [2.45, 2.75) is 38.5 Å². The first kappa shape index (κ1) is 16.8. The van der Waals surface area contributed by atoms with E-state index in [0.717, 1.165) is 41.6 Å². The lowest BCUT2D eigenvalue weighted by atomic mass is 10.1. The van der Waals surface area contributed by atoms with Crippen molar-refractivity contribution in [3.05, 3.63) is 21.3 Å². The van der Waals surface area contributed by atoms with Crippen molar-refractivity contribution >= 4 is 34.8 Å². The maximum Gasteiger partial charge on any atom is 0.227 e. The maximum atomic E-state index is 12.5. The van der Waals surface area contributed by atoms with Crippen LogP contribution in [0.15, 0.2) is 12.1 Å². The molecule has 1 aromatic heterocycles. The molecule has 0 atom stereocenters. The molecule has 4 nitrogen and oxygen atoms in total. The molecule has 0 spiro atoms. The first-order chi connectivity index (χ1) is 11.1. The van der Waals surface area contributed by atoms with Crippen LogP contribution in [-0.2, 0) is 16.0 Å². The molecule has 3 rings (SSSR count). The smallest absolute Gasteiger partial charge is 0.227 e. The summed E-state index contributed by atoms with van der Waals surface area (Å²) in [6.45, 7) is 2.85. The van der Waals surface area contributed by atoms with Crippen LogP contribution >= 0.6 is 22.9 Å². The molecule has 2 fully saturated rings. The summed E-state index contributed by atoms with van der Waals surface area (Å²) in [5.74, 6) is 0.672. The van der Waals surface area contributed by atoms with Gasteiger partial charge < -0.3 is 9.80 Å². The average molecular weight is 355 g/mol. The van der Waals surface area contributed by atoms with Crippen molar-refractivity contribution in [3.8, 4) is 0 Å². The molecule has 1 aromatic rings. The summed E-state index contributed by atoms with van der Waals surface area (Å²) in [5, 5.41) is 0. The Morgan fingerprint density at radius 1 is 1.04 bits per heavy atom. The monoisotopic (exact) mass is 354 g/mol. The van der Waals surface area contributed by atoms with Crippen molar-refractivity contribution in [1.29, 1.82) is 0 Å². The third kappa shape index (κ3) is 4.27. The van der Waals surface area contributed by atoms with Crippen LogP contribution in [-0.4, -0.2) is 47.8 Å². The van der Waals surface area contributed by atoms with Gasteiger partial charge in [-0.25, -0.2) is 0 Å². The number of hydrogen-bond acceptors (Lipinski definition) is 3. The largest absolute Gasteiger partial charge is 0.341 e. The number of amides is 2. The van der Waals surface area contributed by atoms with E-state index in [2.05, 4.69) is 0 Å². The van der Waals surface area contributed by atoms with Gasteiger partial charge in [0.2, 0.25) is 11.8 Å². The van der Waals surface area contributed by atoms with Crippen LogP contribution in [0.4, 0.5) is 0 Å². The van der Waals surface area contributed by atoms with Gasteiger partial charge in [-0.05, 0) is 31.4 Å². The highest BCUT2D eigenvalue weighted by Gasteiger charge is 2.29. The van der Waals surface area contributed by atoms with Gasteiger partial charge in [0.15, 0.2) is 0 Å². The van der Waals surface area contributed by atoms with Gasteiger partial charge in [-0.3, -0.25) is 9.59 Å². The molecule has 1 saturated heterocycles. The minimum Gasteiger partial charge on any atom is -0.341 e. The summed E-state index contributed by atoms with van der Waals surface area (Å²) >= 11 is 7.38. The molecule has 2 heterocycles. The van der Waals surface area contributed by atoms with Crippen LogP contribution in [0.2, 0.25) is 4.34 Å². The zero-order valence-electron chi connectivity index (χ0n) is 13.3. The van der Waals surface area contributed by atoms with E-state index in [1.54, 1.807) is 0 Å². The van der Waals surface area contributed by atoms with Gasteiger partial charge in [-0.2, -0.15) is 0 Å². The average Bonchev–Trinajstić information content (AvgIpc) is 3.13. The molecule has 23 heavy (non-hydrogen) atoms. The fourth-order valence-corrected chi connectivity index (χ4v) is 4.60. The van der Waals surface area contributed by atoms with Gasteiger partial charge in [0.1, 0.15) is 0 Å². The van der Waals surface area contributed by atoms with Crippen LogP contribution in [0.3, 0.4) is 0 Å². The Hall–Kier alpha value is -1.07. The molecule has 1 aliphatic heterocycles. The number of halogens is 1. The Labute approximate surface area is 146 Å². The van der Waals surface area contributed by atoms with E-state index < -0.39 is 0 Å². The van der Waals surface area contributed by atoms with Crippen molar-refractivity contribution in [1.82, 2.24) is 9.80 Å². The molecular weight excluding hydrogens is 332 g/mol. The van der Waals surface area contributed by atoms with Crippen LogP contribution < -0.4 is 0 Å². The van der Waals surface area contributed by atoms with Crippen LogP contribution in [0.1, 0.15) is 37.0 Å². The molecule has 1 aliphatic carbocycles. The van der Waals surface area contributed by atoms with Crippen LogP contribution in [0, 0.1) is 5.92 Å². The van der Waals surface area contributed by atoms with Crippen LogP contribution in [0.25, 0.3) is 0 Å². The van der Waals surface area contributed by atoms with Gasteiger partial charge in [0.05, 0.1) is 10.8 Å². The number of hydrogen-bond donors (Lipinski definition) is 0. The molecule has 2 amide bonds. The van der Waals surface area contributed by atoms with Crippen molar-refractivity contribution in [2.75, 3.05) is 26.2 Å². The molecular formula is C17H23ClN2O2S. The first-order valence-electron chi connectivity index (χ1n) is 8.44. The Kier molecular flexibility index (Phi) is 5.59. The summed E-state index contributed by atoms with van der Waals surface area (Å²) in [5.41, 5.74) is 0. The van der Waals surface area contributed by atoms with Crippen LogP contribution in [0.5, 0.6) is 0 Å². The molecule has 0 N–H and O–H groups in total. The minimum absolute atomic E-state index is 0.138. The lowest BCUT2D eigenvalue weighted by Gasteiger charge is -2.24. The predicted octanol–water partition coefficient (Wildman–Crippen LogP) is 3.20. The molecule has 6 heteroatoms. The predicted molar refractivity (Wildman–Crippen MR) is 92.8 cm³/mol. The summed E-state index contributed by atoms with van der Waals surface area (Å²) in [7, 11) is 0. The number of thiophene rings is 1. The molecule has 0 bridgehead atoms. The highest BCUT2D eigenvalue weighted by atomic mass is 35.5. The summed E-state index contributed by atoms with van der Waals surface area (Å²) < 4.78 is 0.719. The van der Waals surface area contributed by atoms with E-state index in [1.165, 1.54) is 24.2 Å². The quantitative estimate of drug-likeness (QED) is 0.836. The lowest BCUT2D eigenvalue weighted by molar-refractivity contribution is -0.136. The third-order valence-electron chi connectivity index (χ3n) is 4.82. The third-order valence-corrected chi connectivity index (χ3v) is 6.05. The summed E-state index contributed by atoms with van der Waals surface area (Å²) in [4.78, 5) is 29.9. The second kappa shape index (κ2) is 7.67. The Balaban J connectivity index is 1.53. The molecule has 0 radical (unpaired) electrons. The minimum atomic E-state index is 0.138. The second-order valence-electron chi connectivity index (χ2n) is 6.42. The van der Waals surface area contributed by atoms with E-state index in [1.807, 2.05) is 21.9 Å². The molecule has 2 aliphatic rings. The SMILES string of the molecule is O=C(Cc1ccc(Cl)s1)N1CCCN(C(=O)C2CCCC2)CC1. The van der Waals surface area contributed by atoms with E-state index >= 15 is 0 Å². The fraction of sp³-hybridized carbons (Fsp3) is 0.647. The van der Waals surface area contributed by atoms with Gasteiger partial charge >= 0.3 is 0 Å². The van der Waals surface area contributed by atoms with E-state index in [9.17, 15) is 9.59 Å². The van der Waals surface area contributed by atoms with Crippen molar-refractivity contribution in [3.63, 3.8) is 0 Å². The van der Waals surface area contributed by atoms with Crippen molar-refractivity contribution in [2.24, 2.45) is 5.92 Å². The van der Waals surface area contributed by atoms with Crippen molar-refractivity contribution < 1.29 is 9.59 Å². The lowest BCUT2D eigenvalue weighted by Crippen LogP contribution is -2.39. The van der Waals surface area contributed by atoms with E-state index in [0.29, 0.717) is 25.4 Å². The standard InChI is InChI=1S/C17H23ClN2O2S/c18-15-7-6-14(23-15)12-16(21)19-8-3-9-20(11-10-19)17(22)13-4-1-2-5-13/h6-7,13H,1-5,8-12H2. The first-order valence-corrected chi connectivity index (χ1v) is 9.64. The second-order valence-corrected chi connectivity index (χ2v) is 8.22. The zero-order valence-corrected chi connectivity index (χ0v) is 14.9. The van der Waals surface area contributed by atoms with Gasteiger partial charge in [-0.15, -0.1) is 11.3 Å². The number of carbonyl (C=O) groups excluding carboxylic acids is 2. The normalized spacial score (nSPS) is 19.9. The van der Waals surface area contributed by atoms with Gasteiger partial charge in [0.25, 0.3) is 0 Å². The van der Waals surface area contributed by atoms with E-state index in [4.69, 9.17) is 11.6 Å². The zero-order chi connectivity index (χ0) is 16.2. The molecule has 1 saturated carbocycles. The highest BCUT2D eigenvalue weighted by Crippen LogP contribution is 2.27. The number of nitrogens with zero attached hydrogens (tertiary/aromatic N) is 2. The Morgan fingerprint density at radius 2 is 1.74 bits per heavy atom. The molecule has 0 aromatic carbocycles. The summed E-state index contributed by atoms with van der Waals surface area (Å²) in [6.07, 6.45) is 5.72. The van der Waals surface area contributed by atoms with Gasteiger partial charge in [0, 0.05) is 37.0 Å². The molecule has 0 unspecified atom stereocenters. The molecule has 126 valence electrons. The fourth-order valence-electron chi connectivity index (χ4n) is 3.53. The topological polar surface area (TPSA) is 40.6 Å². The number of rotatable bonds is 3.